The summed E-state index contributed by atoms with van der Waals surface area (Å²) >= 11 is 0. The largest absolute Gasteiger partial charge is 0.368 e. The van der Waals surface area contributed by atoms with Crippen LogP contribution in [0.4, 0.5) is 5.69 Å². The zero-order valence-electron chi connectivity index (χ0n) is 12.4. The minimum Gasteiger partial charge on any atom is -0.368 e. The van der Waals surface area contributed by atoms with Crippen molar-refractivity contribution < 1.29 is 0 Å². The van der Waals surface area contributed by atoms with Crippen molar-refractivity contribution in [2.75, 3.05) is 11.4 Å². The van der Waals surface area contributed by atoms with E-state index in [1.165, 1.54) is 37.1 Å². The lowest BCUT2D eigenvalue weighted by Crippen LogP contribution is -2.34. The van der Waals surface area contributed by atoms with Crippen molar-refractivity contribution >= 4 is 5.69 Å². The number of hydrogen-bond acceptors (Lipinski definition) is 2. The molecule has 0 amide bonds. The summed E-state index contributed by atoms with van der Waals surface area (Å²) in [7, 11) is 0. The summed E-state index contributed by atoms with van der Waals surface area (Å²) in [4.78, 5) is 2.63. The van der Waals surface area contributed by atoms with Gasteiger partial charge in [-0.05, 0) is 47.8 Å². The summed E-state index contributed by atoms with van der Waals surface area (Å²) in [5.74, 6) is 0. The molecule has 1 heterocycles. The maximum Gasteiger partial charge on any atom is 0.0369 e. The van der Waals surface area contributed by atoms with Gasteiger partial charge in [-0.15, -0.1) is 0 Å². The molecule has 1 saturated carbocycles. The van der Waals surface area contributed by atoms with E-state index in [9.17, 15) is 0 Å². The van der Waals surface area contributed by atoms with Crippen LogP contribution >= 0.6 is 0 Å². The molecule has 2 atom stereocenters. The summed E-state index contributed by atoms with van der Waals surface area (Å²) < 4.78 is 0. The SMILES string of the molecule is CC1(C)CC2C[C@@](C)(CN2c2ccc(CN)cc2)C1. The summed E-state index contributed by atoms with van der Waals surface area (Å²) in [6, 6.07) is 9.56. The van der Waals surface area contributed by atoms with Gasteiger partial charge >= 0.3 is 0 Å². The van der Waals surface area contributed by atoms with Crippen LogP contribution in [0.5, 0.6) is 0 Å². The Kier molecular flexibility index (Phi) is 2.90. The van der Waals surface area contributed by atoms with Crippen LogP contribution in [0.15, 0.2) is 24.3 Å². The molecule has 104 valence electrons. The second-order valence-corrected chi connectivity index (χ2v) is 7.71. The smallest absolute Gasteiger partial charge is 0.0369 e. The van der Waals surface area contributed by atoms with Crippen molar-refractivity contribution in [3.63, 3.8) is 0 Å². The van der Waals surface area contributed by atoms with E-state index in [2.05, 4.69) is 49.9 Å². The molecule has 1 saturated heterocycles. The zero-order chi connectivity index (χ0) is 13.7. The number of nitrogens with zero attached hydrogens (tertiary/aromatic N) is 1. The highest BCUT2D eigenvalue weighted by atomic mass is 15.2. The fraction of sp³-hybridized carbons (Fsp3) is 0.647. The second kappa shape index (κ2) is 4.24. The van der Waals surface area contributed by atoms with Crippen LogP contribution in [-0.2, 0) is 6.54 Å². The first-order valence-corrected chi connectivity index (χ1v) is 7.47. The Bertz CT molecular complexity index is 463. The number of nitrogens with two attached hydrogens (primary N) is 1. The van der Waals surface area contributed by atoms with Crippen LogP contribution in [0.1, 0.15) is 45.6 Å². The molecule has 1 aromatic rings. The highest BCUT2D eigenvalue weighted by Gasteiger charge is 2.49. The highest BCUT2D eigenvalue weighted by Crippen LogP contribution is 2.53. The first kappa shape index (κ1) is 13.0. The van der Waals surface area contributed by atoms with E-state index in [0.29, 0.717) is 17.4 Å². The van der Waals surface area contributed by atoms with Gasteiger partial charge in [0.25, 0.3) is 0 Å². The summed E-state index contributed by atoms with van der Waals surface area (Å²) in [6.07, 6.45) is 4.03. The van der Waals surface area contributed by atoms with Gasteiger partial charge in [-0.25, -0.2) is 0 Å². The minimum absolute atomic E-state index is 0.490. The predicted octanol–water partition coefficient (Wildman–Crippen LogP) is 3.55. The molecule has 2 aliphatic rings. The number of anilines is 1. The molecule has 1 aliphatic heterocycles. The van der Waals surface area contributed by atoms with Crippen LogP contribution in [0.2, 0.25) is 0 Å². The van der Waals surface area contributed by atoms with E-state index in [1.54, 1.807) is 0 Å². The maximum absolute atomic E-state index is 5.68. The number of benzene rings is 1. The van der Waals surface area contributed by atoms with Gasteiger partial charge in [0.05, 0.1) is 0 Å². The summed E-state index contributed by atoms with van der Waals surface area (Å²) in [6.45, 7) is 9.17. The average Bonchev–Trinajstić information content (AvgIpc) is 2.59. The topological polar surface area (TPSA) is 29.3 Å². The third-order valence-electron chi connectivity index (χ3n) is 4.92. The molecule has 2 nitrogen and oxygen atoms in total. The predicted molar refractivity (Wildman–Crippen MR) is 81.2 cm³/mol. The van der Waals surface area contributed by atoms with Gasteiger partial charge in [0, 0.05) is 24.8 Å². The van der Waals surface area contributed by atoms with Crippen molar-refractivity contribution in [1.82, 2.24) is 0 Å². The van der Waals surface area contributed by atoms with Gasteiger partial charge in [0.2, 0.25) is 0 Å². The van der Waals surface area contributed by atoms with Crippen molar-refractivity contribution in [2.24, 2.45) is 16.6 Å². The Labute approximate surface area is 117 Å². The number of rotatable bonds is 2. The van der Waals surface area contributed by atoms with E-state index in [4.69, 9.17) is 5.73 Å². The van der Waals surface area contributed by atoms with Crippen LogP contribution in [0.3, 0.4) is 0 Å². The molecule has 1 unspecified atom stereocenters. The van der Waals surface area contributed by atoms with Gasteiger partial charge in [-0.2, -0.15) is 0 Å². The lowest BCUT2D eigenvalue weighted by atomic mass is 9.65. The lowest BCUT2D eigenvalue weighted by Gasteiger charge is -2.39. The molecule has 2 bridgehead atoms. The first-order chi connectivity index (χ1) is 8.91. The molecule has 2 N–H and O–H groups in total. The van der Waals surface area contributed by atoms with Crippen molar-refractivity contribution in [2.45, 2.75) is 52.6 Å². The first-order valence-electron chi connectivity index (χ1n) is 7.47. The Morgan fingerprint density at radius 1 is 1.16 bits per heavy atom. The van der Waals surface area contributed by atoms with Crippen LogP contribution in [0, 0.1) is 10.8 Å². The van der Waals surface area contributed by atoms with Gasteiger partial charge in [-0.1, -0.05) is 32.9 Å². The lowest BCUT2D eigenvalue weighted by molar-refractivity contribution is 0.136. The molecule has 19 heavy (non-hydrogen) atoms. The molecule has 2 heteroatoms. The third-order valence-corrected chi connectivity index (χ3v) is 4.92. The Morgan fingerprint density at radius 3 is 2.47 bits per heavy atom. The Hall–Kier alpha value is -1.02. The van der Waals surface area contributed by atoms with Gasteiger partial charge in [0.15, 0.2) is 0 Å². The van der Waals surface area contributed by atoms with E-state index in [0.717, 1.165) is 6.04 Å². The van der Waals surface area contributed by atoms with Crippen molar-refractivity contribution in [1.29, 1.82) is 0 Å². The van der Waals surface area contributed by atoms with E-state index < -0.39 is 0 Å². The van der Waals surface area contributed by atoms with Crippen LogP contribution in [-0.4, -0.2) is 12.6 Å². The van der Waals surface area contributed by atoms with Gasteiger partial charge in [0.1, 0.15) is 0 Å². The minimum atomic E-state index is 0.490. The quantitative estimate of drug-likeness (QED) is 0.879. The zero-order valence-corrected chi connectivity index (χ0v) is 12.4. The Morgan fingerprint density at radius 2 is 1.84 bits per heavy atom. The van der Waals surface area contributed by atoms with E-state index in [-0.39, 0.29) is 0 Å². The summed E-state index contributed by atoms with van der Waals surface area (Å²) in [5.41, 5.74) is 9.27. The van der Waals surface area contributed by atoms with Crippen LogP contribution < -0.4 is 10.6 Å². The third kappa shape index (κ3) is 2.38. The van der Waals surface area contributed by atoms with Crippen molar-refractivity contribution in [3.05, 3.63) is 29.8 Å². The average molecular weight is 258 g/mol. The molecule has 0 aromatic heterocycles. The fourth-order valence-electron chi connectivity index (χ4n) is 4.59. The normalized spacial score (nSPS) is 32.6. The molecule has 1 aromatic carbocycles. The standard InChI is InChI=1S/C17H26N2/c1-16(2)8-15-9-17(3,11-16)12-19(15)14-6-4-13(10-18)5-7-14/h4-7,15H,8-12,18H2,1-3H3/t15?,17-/m1/s1. The second-order valence-electron chi connectivity index (χ2n) is 7.71. The summed E-state index contributed by atoms with van der Waals surface area (Å²) in [5, 5.41) is 0. The molecule has 2 fully saturated rings. The molecule has 0 radical (unpaired) electrons. The molecule has 3 rings (SSSR count). The van der Waals surface area contributed by atoms with Crippen molar-refractivity contribution in [3.8, 4) is 0 Å². The van der Waals surface area contributed by atoms with E-state index in [1.807, 2.05) is 0 Å². The van der Waals surface area contributed by atoms with Gasteiger partial charge in [-0.3, -0.25) is 0 Å². The molecular formula is C17H26N2. The molecule has 0 spiro atoms. The number of hydrogen-bond donors (Lipinski definition) is 1. The van der Waals surface area contributed by atoms with Crippen LogP contribution in [0.25, 0.3) is 0 Å². The highest BCUT2D eigenvalue weighted by molar-refractivity contribution is 5.50. The van der Waals surface area contributed by atoms with E-state index >= 15 is 0 Å². The maximum atomic E-state index is 5.68. The molecule has 1 aliphatic carbocycles. The molecular weight excluding hydrogens is 232 g/mol. The fourth-order valence-corrected chi connectivity index (χ4v) is 4.59. The number of fused-ring (bicyclic) bond motifs is 2. The van der Waals surface area contributed by atoms with Gasteiger partial charge < -0.3 is 10.6 Å². The Balaban J connectivity index is 1.86. The monoisotopic (exact) mass is 258 g/mol.